The number of carboxylic acids is 1. The highest BCUT2D eigenvalue weighted by molar-refractivity contribution is 6.32. The van der Waals surface area contributed by atoms with Crippen molar-refractivity contribution in [1.29, 1.82) is 0 Å². The van der Waals surface area contributed by atoms with Crippen molar-refractivity contribution in [2.45, 2.75) is 71.5 Å². The van der Waals surface area contributed by atoms with Crippen LogP contribution in [0.1, 0.15) is 73.8 Å². The Bertz CT molecular complexity index is 1030. The molecule has 0 bridgehead atoms. The molecule has 1 aliphatic rings. The fraction of sp³-hybridized carbons (Fsp3) is 0.464. The van der Waals surface area contributed by atoms with Crippen LogP contribution >= 0.6 is 23.2 Å². The minimum Gasteiger partial charge on any atom is -0.482 e. The standard InChI is InChI=1S/C28H34Cl2O4/c1-6-7-8-23-22(19-9-11-20(29)12-10-19)14-21(16(2)3)28(34-23)26-18(5)27(30)17(4)13-24(26)33-15-25(31)32/h9-13,21-23,28H,2,6-8,14-15H2,1,3-5H3,(H,31,32)/t21-,22-,23+,28+/m1/s1. The van der Waals surface area contributed by atoms with Crippen LogP contribution in [0.2, 0.25) is 10.0 Å². The molecule has 0 unspecified atom stereocenters. The van der Waals surface area contributed by atoms with Gasteiger partial charge in [0.1, 0.15) is 5.75 Å². The summed E-state index contributed by atoms with van der Waals surface area (Å²) in [4.78, 5) is 11.3. The number of carboxylic acid groups (broad SMARTS) is 1. The molecule has 1 aliphatic heterocycles. The largest absolute Gasteiger partial charge is 0.482 e. The van der Waals surface area contributed by atoms with Crippen molar-refractivity contribution in [3.8, 4) is 5.75 Å². The predicted molar refractivity (Wildman–Crippen MR) is 138 cm³/mol. The zero-order valence-corrected chi connectivity index (χ0v) is 21.9. The maximum atomic E-state index is 11.3. The molecule has 1 fully saturated rings. The topological polar surface area (TPSA) is 55.8 Å². The smallest absolute Gasteiger partial charge is 0.341 e. The molecule has 2 aromatic carbocycles. The van der Waals surface area contributed by atoms with Crippen LogP contribution in [0.15, 0.2) is 42.5 Å². The number of benzene rings is 2. The summed E-state index contributed by atoms with van der Waals surface area (Å²) in [5.41, 5.74) is 4.74. The molecule has 1 saturated heterocycles. The molecule has 0 amide bonds. The Morgan fingerprint density at radius 1 is 1.24 bits per heavy atom. The van der Waals surface area contributed by atoms with Gasteiger partial charge >= 0.3 is 5.97 Å². The maximum Gasteiger partial charge on any atom is 0.341 e. The van der Waals surface area contributed by atoms with Crippen LogP contribution in [0.3, 0.4) is 0 Å². The highest BCUT2D eigenvalue weighted by Crippen LogP contribution is 2.51. The van der Waals surface area contributed by atoms with E-state index in [-0.39, 0.29) is 24.0 Å². The molecule has 4 atom stereocenters. The lowest BCUT2D eigenvalue weighted by Gasteiger charge is -2.43. The quantitative estimate of drug-likeness (QED) is 0.350. The average Bonchev–Trinajstić information content (AvgIpc) is 2.80. The van der Waals surface area contributed by atoms with Crippen molar-refractivity contribution in [2.75, 3.05) is 6.61 Å². The molecule has 2 aromatic rings. The van der Waals surface area contributed by atoms with Gasteiger partial charge in [-0.25, -0.2) is 4.79 Å². The van der Waals surface area contributed by atoms with Gasteiger partial charge in [0.25, 0.3) is 0 Å². The van der Waals surface area contributed by atoms with Crippen LogP contribution in [0.25, 0.3) is 0 Å². The van der Waals surface area contributed by atoms with E-state index in [1.165, 1.54) is 5.56 Å². The second kappa shape index (κ2) is 11.6. The van der Waals surface area contributed by atoms with Gasteiger partial charge < -0.3 is 14.6 Å². The summed E-state index contributed by atoms with van der Waals surface area (Å²) in [6.45, 7) is 11.9. The van der Waals surface area contributed by atoms with Crippen LogP contribution in [-0.4, -0.2) is 23.8 Å². The SMILES string of the molecule is C=C(C)[C@H]1C[C@H](c2ccc(Cl)cc2)[C@H](CCCC)O[C@@H]1c1c(OCC(=O)O)cc(C)c(Cl)c1C. The average molecular weight is 505 g/mol. The first-order valence-corrected chi connectivity index (χ1v) is 12.6. The Hall–Kier alpha value is -2.01. The predicted octanol–water partition coefficient (Wildman–Crippen LogP) is 8.07. The van der Waals surface area contributed by atoms with E-state index < -0.39 is 12.6 Å². The van der Waals surface area contributed by atoms with Crippen LogP contribution in [0.4, 0.5) is 0 Å². The van der Waals surface area contributed by atoms with Crippen LogP contribution in [0, 0.1) is 19.8 Å². The monoisotopic (exact) mass is 504 g/mol. The maximum absolute atomic E-state index is 11.3. The second-order valence-corrected chi connectivity index (χ2v) is 10.1. The van der Waals surface area contributed by atoms with E-state index >= 15 is 0 Å². The zero-order valence-electron chi connectivity index (χ0n) is 20.4. The van der Waals surface area contributed by atoms with Crippen molar-refractivity contribution >= 4 is 29.2 Å². The molecule has 0 aromatic heterocycles. The Balaban J connectivity index is 2.08. The number of aliphatic carboxylic acids is 1. The summed E-state index contributed by atoms with van der Waals surface area (Å²) in [7, 11) is 0. The summed E-state index contributed by atoms with van der Waals surface area (Å²) in [5.74, 6) is -0.298. The van der Waals surface area contributed by atoms with E-state index in [1.54, 1.807) is 0 Å². The van der Waals surface area contributed by atoms with Gasteiger partial charge in [-0.05, 0) is 68.5 Å². The molecular weight excluding hydrogens is 471 g/mol. The molecule has 0 spiro atoms. The molecule has 3 rings (SSSR count). The molecule has 4 nitrogen and oxygen atoms in total. The zero-order chi connectivity index (χ0) is 25.0. The lowest BCUT2D eigenvalue weighted by molar-refractivity contribution is -0.139. The Labute approximate surface area is 212 Å². The van der Waals surface area contributed by atoms with E-state index in [1.807, 2.05) is 39.0 Å². The van der Waals surface area contributed by atoms with Crippen molar-refractivity contribution in [3.05, 3.63) is 74.8 Å². The van der Waals surface area contributed by atoms with Gasteiger partial charge in [-0.1, -0.05) is 67.3 Å². The third kappa shape index (κ3) is 5.97. The summed E-state index contributed by atoms with van der Waals surface area (Å²) in [6.07, 6.45) is 3.57. The van der Waals surface area contributed by atoms with Gasteiger partial charge in [-0.2, -0.15) is 0 Å². The van der Waals surface area contributed by atoms with E-state index in [2.05, 4.69) is 25.6 Å². The van der Waals surface area contributed by atoms with E-state index in [4.69, 9.17) is 32.7 Å². The summed E-state index contributed by atoms with van der Waals surface area (Å²) in [5, 5.41) is 10.6. The molecular formula is C28H34Cl2O4. The van der Waals surface area contributed by atoms with E-state index in [0.29, 0.717) is 15.8 Å². The summed E-state index contributed by atoms with van der Waals surface area (Å²) >= 11 is 12.8. The number of unbranched alkanes of at least 4 members (excludes halogenated alkanes) is 1. The second-order valence-electron chi connectivity index (χ2n) is 9.31. The minimum atomic E-state index is -1.03. The third-order valence-electron chi connectivity index (χ3n) is 6.75. The Morgan fingerprint density at radius 2 is 1.91 bits per heavy atom. The molecule has 0 radical (unpaired) electrons. The summed E-state index contributed by atoms with van der Waals surface area (Å²) < 4.78 is 12.6. The third-order valence-corrected chi connectivity index (χ3v) is 7.58. The van der Waals surface area contributed by atoms with Gasteiger partial charge in [0.05, 0.1) is 12.2 Å². The Morgan fingerprint density at radius 3 is 2.50 bits per heavy atom. The van der Waals surface area contributed by atoms with Gasteiger partial charge in [0.15, 0.2) is 6.61 Å². The lowest BCUT2D eigenvalue weighted by Crippen LogP contribution is -2.36. The fourth-order valence-corrected chi connectivity index (χ4v) is 5.22. The first-order chi connectivity index (χ1) is 16.1. The van der Waals surface area contributed by atoms with Crippen LogP contribution in [0.5, 0.6) is 5.75 Å². The van der Waals surface area contributed by atoms with E-state index in [0.717, 1.165) is 47.9 Å². The van der Waals surface area contributed by atoms with Gasteiger partial charge in [-0.15, -0.1) is 0 Å². The number of hydrogen-bond donors (Lipinski definition) is 1. The molecule has 1 heterocycles. The van der Waals surface area contributed by atoms with Crippen LogP contribution in [-0.2, 0) is 9.53 Å². The number of aryl methyl sites for hydroxylation is 1. The molecule has 6 heteroatoms. The number of rotatable bonds is 9. The van der Waals surface area contributed by atoms with Crippen LogP contribution < -0.4 is 4.74 Å². The summed E-state index contributed by atoms with van der Waals surface area (Å²) in [6, 6.07) is 9.84. The minimum absolute atomic E-state index is 0.00599. The van der Waals surface area contributed by atoms with Crippen molar-refractivity contribution in [3.63, 3.8) is 0 Å². The molecule has 0 aliphatic carbocycles. The van der Waals surface area contributed by atoms with E-state index in [9.17, 15) is 9.90 Å². The lowest BCUT2D eigenvalue weighted by atomic mass is 9.74. The van der Waals surface area contributed by atoms with Gasteiger partial charge in [-0.3, -0.25) is 0 Å². The Kier molecular flexibility index (Phi) is 9.08. The molecule has 34 heavy (non-hydrogen) atoms. The van der Waals surface area contributed by atoms with Crippen molar-refractivity contribution in [2.24, 2.45) is 5.92 Å². The molecule has 184 valence electrons. The number of halogens is 2. The first-order valence-electron chi connectivity index (χ1n) is 11.8. The van der Waals surface area contributed by atoms with Crippen molar-refractivity contribution < 1.29 is 19.4 Å². The highest BCUT2D eigenvalue weighted by Gasteiger charge is 2.41. The number of hydrogen-bond acceptors (Lipinski definition) is 3. The first kappa shape index (κ1) is 26.6. The normalized spacial score (nSPS) is 22.4. The fourth-order valence-electron chi connectivity index (χ4n) is 4.94. The van der Waals surface area contributed by atoms with Gasteiger partial charge in [0, 0.05) is 27.4 Å². The highest BCUT2D eigenvalue weighted by atomic mass is 35.5. The number of ether oxygens (including phenoxy) is 2. The van der Waals surface area contributed by atoms with Gasteiger partial charge in [0.2, 0.25) is 0 Å². The van der Waals surface area contributed by atoms with Crippen molar-refractivity contribution in [1.82, 2.24) is 0 Å². The molecule has 0 saturated carbocycles. The number of carbonyl (C=O) groups is 1. The molecule has 1 N–H and O–H groups in total.